The first-order valence-electron chi connectivity index (χ1n) is 5.76. The van der Waals surface area contributed by atoms with Crippen molar-refractivity contribution in [2.24, 2.45) is 0 Å². The molecule has 1 fully saturated rings. The third-order valence-electron chi connectivity index (χ3n) is 2.90. The fourth-order valence-corrected chi connectivity index (χ4v) is 1.93. The molecule has 1 aromatic rings. The average molecular weight is 203 g/mol. The summed E-state index contributed by atoms with van der Waals surface area (Å²) in [5, 5.41) is 0. The second kappa shape index (κ2) is 5.22. The Morgan fingerprint density at radius 3 is 2.47 bits per heavy atom. The first-order chi connectivity index (χ1) is 7.34. The van der Waals surface area contributed by atoms with Crippen LogP contribution >= 0.6 is 0 Å². The third kappa shape index (κ3) is 3.27. The molecule has 0 amide bonds. The van der Waals surface area contributed by atoms with Crippen molar-refractivity contribution < 1.29 is 4.74 Å². The van der Waals surface area contributed by atoms with Crippen molar-refractivity contribution in [1.29, 1.82) is 0 Å². The summed E-state index contributed by atoms with van der Waals surface area (Å²) in [6.45, 7) is 4.37. The van der Waals surface area contributed by atoms with Gasteiger partial charge in [-0.15, -0.1) is 0 Å². The summed E-state index contributed by atoms with van der Waals surface area (Å²) in [5.41, 5.74) is 1.28. The fraction of sp³-hybridized carbons (Fsp3) is 0.500. The number of hydrogen-bond donors (Lipinski definition) is 0. The molecule has 0 radical (unpaired) electrons. The molecule has 0 unspecified atom stereocenters. The van der Waals surface area contributed by atoms with Crippen molar-refractivity contribution in [3.05, 3.63) is 24.3 Å². The molecule has 1 saturated heterocycles. The van der Waals surface area contributed by atoms with Gasteiger partial charge in [0.25, 0.3) is 0 Å². The zero-order valence-electron chi connectivity index (χ0n) is 9.41. The van der Waals surface area contributed by atoms with Crippen LogP contribution in [0, 0.1) is 0 Å². The Morgan fingerprint density at radius 2 is 1.80 bits per heavy atom. The molecular formula is C12H18BNO. The van der Waals surface area contributed by atoms with Crippen molar-refractivity contribution >= 4 is 13.3 Å². The van der Waals surface area contributed by atoms with Crippen molar-refractivity contribution in [2.45, 2.75) is 12.8 Å². The first kappa shape index (κ1) is 10.6. The van der Waals surface area contributed by atoms with E-state index in [0.717, 1.165) is 18.9 Å². The Kier molecular flexibility index (Phi) is 3.67. The molecule has 15 heavy (non-hydrogen) atoms. The minimum Gasteiger partial charge on any atom is -0.492 e. The summed E-state index contributed by atoms with van der Waals surface area (Å²) in [6, 6.07) is 8.26. The zero-order chi connectivity index (χ0) is 10.5. The topological polar surface area (TPSA) is 12.5 Å². The van der Waals surface area contributed by atoms with Crippen molar-refractivity contribution in [3.63, 3.8) is 0 Å². The minimum absolute atomic E-state index is 0.809. The van der Waals surface area contributed by atoms with E-state index in [1.165, 1.54) is 31.4 Å². The molecule has 2 nitrogen and oxygen atoms in total. The number of benzene rings is 1. The lowest BCUT2D eigenvalue weighted by atomic mass is 9.97. The van der Waals surface area contributed by atoms with Gasteiger partial charge in [-0.1, -0.05) is 17.6 Å². The number of hydrogen-bond acceptors (Lipinski definition) is 2. The van der Waals surface area contributed by atoms with Gasteiger partial charge >= 0.3 is 0 Å². The molecule has 2 rings (SSSR count). The van der Waals surface area contributed by atoms with E-state index in [2.05, 4.69) is 24.9 Å². The van der Waals surface area contributed by atoms with Gasteiger partial charge < -0.3 is 4.74 Å². The predicted molar refractivity (Wildman–Crippen MR) is 65.8 cm³/mol. The lowest BCUT2D eigenvalue weighted by Gasteiger charge is -2.14. The highest BCUT2D eigenvalue weighted by atomic mass is 16.5. The van der Waals surface area contributed by atoms with Crippen molar-refractivity contribution in [1.82, 2.24) is 4.90 Å². The van der Waals surface area contributed by atoms with Gasteiger partial charge in [0.15, 0.2) is 0 Å². The van der Waals surface area contributed by atoms with Gasteiger partial charge in [-0.05, 0) is 38.1 Å². The number of ether oxygens (including phenoxy) is 1. The van der Waals surface area contributed by atoms with E-state index >= 15 is 0 Å². The summed E-state index contributed by atoms with van der Waals surface area (Å²) >= 11 is 0. The van der Waals surface area contributed by atoms with Crippen LogP contribution in [0.2, 0.25) is 0 Å². The smallest absolute Gasteiger partial charge is 0.139 e. The quantitative estimate of drug-likeness (QED) is 0.657. The molecular weight excluding hydrogens is 185 g/mol. The average Bonchev–Trinajstić information content (AvgIpc) is 2.74. The predicted octanol–water partition coefficient (Wildman–Crippen LogP) is 0.420. The van der Waals surface area contributed by atoms with Crippen LogP contribution in [0.1, 0.15) is 12.8 Å². The molecule has 0 atom stereocenters. The van der Waals surface area contributed by atoms with Crippen LogP contribution in [-0.4, -0.2) is 39.0 Å². The lowest BCUT2D eigenvalue weighted by molar-refractivity contribution is 0.238. The van der Waals surface area contributed by atoms with E-state index in [9.17, 15) is 0 Å². The first-order valence-corrected chi connectivity index (χ1v) is 5.76. The Labute approximate surface area is 92.6 Å². The van der Waals surface area contributed by atoms with Crippen LogP contribution in [-0.2, 0) is 0 Å². The molecule has 0 aromatic heterocycles. The normalized spacial score (nSPS) is 16.8. The van der Waals surface area contributed by atoms with E-state index in [0.29, 0.717) is 0 Å². The van der Waals surface area contributed by atoms with Crippen LogP contribution in [0.3, 0.4) is 0 Å². The number of rotatable bonds is 4. The van der Waals surface area contributed by atoms with Gasteiger partial charge in [-0.2, -0.15) is 0 Å². The zero-order valence-corrected chi connectivity index (χ0v) is 9.41. The number of likely N-dealkylation sites (tertiary alicyclic amines) is 1. The van der Waals surface area contributed by atoms with E-state index in [1.54, 1.807) is 0 Å². The lowest BCUT2D eigenvalue weighted by Crippen LogP contribution is -2.25. The highest BCUT2D eigenvalue weighted by Gasteiger charge is 2.10. The molecule has 3 heteroatoms. The van der Waals surface area contributed by atoms with Crippen LogP contribution in [0.4, 0.5) is 0 Å². The molecule has 0 saturated carbocycles. The van der Waals surface area contributed by atoms with Crippen molar-refractivity contribution in [3.8, 4) is 5.75 Å². The van der Waals surface area contributed by atoms with Gasteiger partial charge in [0.05, 0.1) is 0 Å². The molecule has 0 N–H and O–H groups in total. The maximum absolute atomic E-state index is 5.68. The molecule has 0 spiro atoms. The second-order valence-electron chi connectivity index (χ2n) is 4.21. The third-order valence-corrected chi connectivity index (χ3v) is 2.90. The summed E-state index contributed by atoms with van der Waals surface area (Å²) in [4.78, 5) is 2.47. The summed E-state index contributed by atoms with van der Waals surface area (Å²) in [6.07, 6.45) is 2.70. The minimum atomic E-state index is 0.809. The monoisotopic (exact) mass is 203 g/mol. The Balaban J connectivity index is 1.71. The van der Waals surface area contributed by atoms with Gasteiger partial charge in [0.1, 0.15) is 20.2 Å². The second-order valence-corrected chi connectivity index (χ2v) is 4.21. The Bertz CT molecular complexity index is 293. The van der Waals surface area contributed by atoms with E-state index in [4.69, 9.17) is 4.74 Å². The molecule has 1 aromatic carbocycles. The van der Waals surface area contributed by atoms with Gasteiger partial charge in [-0.3, -0.25) is 4.90 Å². The molecule has 0 aliphatic carbocycles. The van der Waals surface area contributed by atoms with E-state index < -0.39 is 0 Å². The molecule has 1 heterocycles. The van der Waals surface area contributed by atoms with Crippen molar-refractivity contribution in [2.75, 3.05) is 26.2 Å². The largest absolute Gasteiger partial charge is 0.492 e. The van der Waals surface area contributed by atoms with Crippen LogP contribution in [0.15, 0.2) is 24.3 Å². The van der Waals surface area contributed by atoms with Gasteiger partial charge in [0, 0.05) is 6.54 Å². The molecule has 1 aliphatic rings. The molecule has 80 valence electrons. The van der Waals surface area contributed by atoms with Gasteiger partial charge in [-0.25, -0.2) is 0 Å². The van der Waals surface area contributed by atoms with E-state index in [-0.39, 0.29) is 0 Å². The number of nitrogens with zero attached hydrogens (tertiary/aromatic N) is 1. The van der Waals surface area contributed by atoms with Crippen LogP contribution in [0.25, 0.3) is 0 Å². The van der Waals surface area contributed by atoms with Gasteiger partial charge in [0.2, 0.25) is 0 Å². The standard InChI is InChI=1S/C12H18BNO/c13-11-3-5-12(6-4-11)15-10-9-14-7-1-2-8-14/h3-6H,1-2,7-10,13H2. The summed E-state index contributed by atoms with van der Waals surface area (Å²) in [7, 11) is 2.09. The maximum Gasteiger partial charge on any atom is 0.139 e. The SMILES string of the molecule is Bc1ccc(OCCN2CCCC2)cc1. The molecule has 1 aliphatic heterocycles. The highest BCUT2D eigenvalue weighted by molar-refractivity contribution is 6.32. The fourth-order valence-electron chi connectivity index (χ4n) is 1.93. The maximum atomic E-state index is 5.68. The summed E-state index contributed by atoms with van der Waals surface area (Å²) < 4.78 is 5.68. The van der Waals surface area contributed by atoms with Crippen LogP contribution < -0.4 is 10.2 Å². The summed E-state index contributed by atoms with van der Waals surface area (Å²) in [5.74, 6) is 0.986. The van der Waals surface area contributed by atoms with E-state index in [1.807, 2.05) is 12.1 Å². The Hall–Kier alpha value is -0.955. The highest BCUT2D eigenvalue weighted by Crippen LogP contribution is 2.09. The molecule has 0 bridgehead atoms. The Morgan fingerprint density at radius 1 is 1.13 bits per heavy atom. The van der Waals surface area contributed by atoms with Crippen LogP contribution in [0.5, 0.6) is 5.75 Å².